The highest BCUT2D eigenvalue weighted by molar-refractivity contribution is 6.29. The second-order valence-corrected chi connectivity index (χ2v) is 15.0. The maximum atomic E-state index is 13.0. The lowest BCUT2D eigenvalue weighted by atomic mass is 9.95. The highest BCUT2D eigenvalue weighted by Gasteiger charge is 2.32. The molecule has 2 amide bonds. The molecule has 0 aliphatic carbocycles. The van der Waals surface area contributed by atoms with Crippen molar-refractivity contribution in [2.24, 2.45) is 11.8 Å². The Kier molecular flexibility index (Phi) is 18.4. The summed E-state index contributed by atoms with van der Waals surface area (Å²) in [6.45, 7) is 1.57. The van der Waals surface area contributed by atoms with E-state index in [1.807, 2.05) is 31.2 Å². The number of carbonyl (C=O) groups is 6. The fourth-order valence-electron chi connectivity index (χ4n) is 6.26. The lowest BCUT2D eigenvalue weighted by Crippen LogP contribution is -2.34. The molecule has 6 rings (SSSR count). The van der Waals surface area contributed by atoms with Crippen LogP contribution in [-0.4, -0.2) is 62.5 Å². The summed E-state index contributed by atoms with van der Waals surface area (Å²) in [5.74, 6) is -7.27. The lowest BCUT2D eigenvalue weighted by Gasteiger charge is -2.12. The van der Waals surface area contributed by atoms with E-state index in [4.69, 9.17) is 4.74 Å². The average Bonchev–Trinajstić information content (AvgIpc) is 3.34. The predicted octanol–water partition coefficient (Wildman–Crippen LogP) is 8.54. The number of amides is 2. The molecule has 0 aliphatic rings. The summed E-state index contributed by atoms with van der Waals surface area (Å²) in [5, 5.41) is 43.4. The summed E-state index contributed by atoms with van der Waals surface area (Å²) in [7, 11) is 1.39. The minimum atomic E-state index is -1.66. The van der Waals surface area contributed by atoms with Gasteiger partial charge >= 0.3 is 0 Å². The summed E-state index contributed by atoms with van der Waals surface area (Å²) in [6, 6.07) is 39.7. The summed E-state index contributed by atoms with van der Waals surface area (Å²) < 4.78 is 5.05. The van der Waals surface area contributed by atoms with Crippen LogP contribution in [0.3, 0.4) is 0 Å². The van der Waals surface area contributed by atoms with Crippen LogP contribution in [0.5, 0.6) is 23.0 Å². The Morgan fingerprint density at radius 3 is 1.31 bits per heavy atom. The second kappa shape index (κ2) is 24.9. The zero-order valence-electron chi connectivity index (χ0n) is 37.0. The molecule has 0 saturated heterocycles. The number of anilines is 2. The molecule has 68 heavy (non-hydrogen) atoms. The maximum Gasteiger partial charge on any atom is 0.243 e. The van der Waals surface area contributed by atoms with Gasteiger partial charge in [-0.05, 0) is 114 Å². The van der Waals surface area contributed by atoms with E-state index in [0.29, 0.717) is 28.1 Å². The number of allylic oxidation sites excluding steroid dienone is 4. The topological polar surface area (TPSA) is 217 Å². The number of methoxy groups -OCH3 is 1. The first-order chi connectivity index (χ1) is 32.7. The molecule has 0 aromatic heterocycles. The molecular weight excluding hydrogens is 865 g/mol. The van der Waals surface area contributed by atoms with Gasteiger partial charge in [0.25, 0.3) is 0 Å². The summed E-state index contributed by atoms with van der Waals surface area (Å²) in [6.07, 6.45) is 10.6. The van der Waals surface area contributed by atoms with Gasteiger partial charge in [0.1, 0.15) is 11.5 Å². The standard InChI is InChI=1S/C28H25NO7.C27H23NO4/c1-36-26-16-19(8-12-23(26)32)10-14-25(34)27(28(35)29-21-5-3-2-4-6-21)24(33)13-9-18-7-11-22(31)20(15-18)17-30;1-19-7-9-20(10-8-19)13-17-24(30)26(27(32)28-22-5-3-2-4-6-22)25(31)18-14-21-11-15-23(29)16-12-21/h2-16,27,30-32H,17H2,1H3,(H,29,35);2-18,26,29H,1H3,(H,28,32)/b13-9+,14-10+;17-13+,18-14+. The number of phenols is 3. The van der Waals surface area contributed by atoms with Gasteiger partial charge in [0.15, 0.2) is 46.5 Å². The molecule has 0 saturated carbocycles. The number of phenolic OH excluding ortho intramolecular Hbond substituents is 2. The number of aliphatic hydroxyl groups is 1. The number of aryl methyl sites for hydroxylation is 1. The zero-order valence-corrected chi connectivity index (χ0v) is 37.0. The van der Waals surface area contributed by atoms with Gasteiger partial charge in [-0.15, -0.1) is 0 Å². The number of ketones is 4. The van der Waals surface area contributed by atoms with E-state index in [-0.39, 0.29) is 28.6 Å². The van der Waals surface area contributed by atoms with Crippen LogP contribution in [-0.2, 0) is 35.4 Å². The van der Waals surface area contributed by atoms with Crippen LogP contribution in [0.15, 0.2) is 170 Å². The largest absolute Gasteiger partial charge is 0.508 e. The number of hydrogen-bond acceptors (Lipinski definition) is 11. The monoisotopic (exact) mass is 912 g/mol. The Labute approximate surface area is 392 Å². The molecule has 344 valence electrons. The molecule has 0 fully saturated rings. The van der Waals surface area contributed by atoms with Crippen LogP contribution in [0.1, 0.15) is 33.4 Å². The Balaban J connectivity index is 0.000000256. The Bertz CT molecular complexity index is 2710. The highest BCUT2D eigenvalue weighted by atomic mass is 16.5. The second-order valence-electron chi connectivity index (χ2n) is 15.0. The van der Waals surface area contributed by atoms with Crippen molar-refractivity contribution in [2.75, 3.05) is 17.7 Å². The number of hydrogen-bond donors (Lipinski definition) is 6. The van der Waals surface area contributed by atoms with Crippen LogP contribution >= 0.6 is 0 Å². The van der Waals surface area contributed by atoms with Gasteiger partial charge in [0, 0.05) is 16.9 Å². The van der Waals surface area contributed by atoms with E-state index < -0.39 is 53.4 Å². The smallest absolute Gasteiger partial charge is 0.243 e. The number of carbonyl (C=O) groups excluding carboxylic acids is 6. The molecule has 0 spiro atoms. The average molecular weight is 913 g/mol. The minimum absolute atomic E-state index is 0.0695. The zero-order chi connectivity index (χ0) is 49.0. The quantitative estimate of drug-likeness (QED) is 0.0355. The first-order valence-corrected chi connectivity index (χ1v) is 21.0. The summed E-state index contributed by atoms with van der Waals surface area (Å²) >= 11 is 0. The van der Waals surface area contributed by atoms with E-state index >= 15 is 0 Å². The van der Waals surface area contributed by atoms with Gasteiger partial charge in [-0.2, -0.15) is 0 Å². The van der Waals surface area contributed by atoms with E-state index in [0.717, 1.165) is 23.3 Å². The van der Waals surface area contributed by atoms with Crippen molar-refractivity contribution >= 4 is 70.6 Å². The molecular formula is C55H48N2O11. The third-order valence-corrected chi connectivity index (χ3v) is 9.95. The van der Waals surface area contributed by atoms with Crippen LogP contribution in [0, 0.1) is 18.8 Å². The number of aromatic hydroxyl groups is 3. The van der Waals surface area contributed by atoms with Crippen molar-refractivity contribution in [2.45, 2.75) is 13.5 Å². The molecule has 0 radical (unpaired) electrons. The van der Waals surface area contributed by atoms with E-state index in [1.165, 1.54) is 80.0 Å². The number of rotatable bonds is 18. The molecule has 0 heterocycles. The van der Waals surface area contributed by atoms with Crippen molar-refractivity contribution in [3.05, 3.63) is 203 Å². The van der Waals surface area contributed by atoms with Gasteiger partial charge in [-0.3, -0.25) is 28.8 Å². The number of ether oxygens (including phenoxy) is 1. The fourth-order valence-corrected chi connectivity index (χ4v) is 6.26. The van der Waals surface area contributed by atoms with Crippen LogP contribution < -0.4 is 15.4 Å². The predicted molar refractivity (Wildman–Crippen MR) is 261 cm³/mol. The van der Waals surface area contributed by atoms with E-state index in [9.17, 15) is 49.2 Å². The Morgan fingerprint density at radius 2 is 0.882 bits per heavy atom. The van der Waals surface area contributed by atoms with Crippen molar-refractivity contribution in [3.63, 3.8) is 0 Å². The summed E-state index contributed by atoms with van der Waals surface area (Å²) in [4.78, 5) is 77.6. The van der Waals surface area contributed by atoms with Crippen molar-refractivity contribution in [3.8, 4) is 23.0 Å². The molecule has 13 nitrogen and oxygen atoms in total. The highest BCUT2D eigenvalue weighted by Crippen LogP contribution is 2.27. The normalized spacial score (nSPS) is 12.0. The van der Waals surface area contributed by atoms with Gasteiger partial charge in [-0.25, -0.2) is 0 Å². The summed E-state index contributed by atoms with van der Waals surface area (Å²) in [5.41, 5.74) is 4.73. The van der Waals surface area contributed by atoms with Crippen LogP contribution in [0.4, 0.5) is 11.4 Å². The van der Waals surface area contributed by atoms with Gasteiger partial charge < -0.3 is 35.8 Å². The van der Waals surface area contributed by atoms with E-state index in [1.54, 1.807) is 84.9 Å². The first kappa shape index (κ1) is 50.1. The first-order valence-electron chi connectivity index (χ1n) is 21.0. The van der Waals surface area contributed by atoms with Crippen molar-refractivity contribution in [1.29, 1.82) is 0 Å². The van der Waals surface area contributed by atoms with Gasteiger partial charge in [-0.1, -0.05) is 115 Å². The molecule has 2 unspecified atom stereocenters. The number of aliphatic hydroxyl groups excluding tert-OH is 1. The molecule has 6 aromatic rings. The molecule has 6 aromatic carbocycles. The minimum Gasteiger partial charge on any atom is -0.508 e. The van der Waals surface area contributed by atoms with Gasteiger partial charge in [0.2, 0.25) is 11.8 Å². The van der Waals surface area contributed by atoms with Crippen LogP contribution in [0.25, 0.3) is 24.3 Å². The Morgan fingerprint density at radius 1 is 0.500 bits per heavy atom. The molecule has 0 aliphatic heterocycles. The van der Waals surface area contributed by atoms with E-state index in [2.05, 4.69) is 10.6 Å². The SMILES string of the molecule is COc1cc(/C=C/C(=O)C(C(=O)/C=C/c2ccc(O)c(CO)c2)C(=O)Nc2ccccc2)ccc1O.Cc1ccc(/C=C/C(=O)C(C(=O)/C=C/c2ccc(O)cc2)C(=O)Nc2ccccc2)cc1. The van der Waals surface area contributed by atoms with Crippen LogP contribution in [0.2, 0.25) is 0 Å². The molecule has 2 atom stereocenters. The number of nitrogens with one attached hydrogen (secondary N) is 2. The lowest BCUT2D eigenvalue weighted by molar-refractivity contribution is -0.137. The Hall–Kier alpha value is -8.94. The number of para-hydroxylation sites is 2. The molecule has 0 bridgehead atoms. The molecule has 13 heteroatoms. The van der Waals surface area contributed by atoms with Crippen molar-refractivity contribution in [1.82, 2.24) is 0 Å². The third-order valence-electron chi connectivity index (χ3n) is 9.95. The molecule has 6 N–H and O–H groups in total. The van der Waals surface area contributed by atoms with Gasteiger partial charge in [0.05, 0.1) is 13.7 Å². The maximum absolute atomic E-state index is 13.0. The van der Waals surface area contributed by atoms with Crippen molar-refractivity contribution < 1.29 is 53.9 Å². The fraction of sp³-hybridized carbons (Fsp3) is 0.0909. The number of benzene rings is 6. The third kappa shape index (κ3) is 15.1.